The number of hydrogen-bond acceptors (Lipinski definition) is 1. The quantitative estimate of drug-likeness (QED) is 0.409. The Kier molecular flexibility index (Phi) is 10.8. The Labute approximate surface area is 86.5 Å². The lowest BCUT2D eigenvalue weighted by Gasteiger charge is -2.19. The van der Waals surface area contributed by atoms with Gasteiger partial charge < -0.3 is 0 Å². The Morgan fingerprint density at radius 1 is 0.846 bits per heavy atom. The average molecular weight is 203 g/mol. The lowest BCUT2D eigenvalue weighted by Crippen LogP contribution is -2.24. The summed E-state index contributed by atoms with van der Waals surface area (Å²) >= 11 is 0. The number of hydrogen-bond donors (Lipinski definition) is 0. The molecule has 0 saturated carbocycles. The Bertz CT molecular complexity index is 86.1. The Balaban J connectivity index is 3.28. The van der Waals surface area contributed by atoms with Gasteiger partial charge in [0, 0.05) is 6.29 Å². The second-order valence-electron chi connectivity index (χ2n) is 3.71. The van der Waals surface area contributed by atoms with Gasteiger partial charge in [-0.25, -0.2) is 0 Å². The molecule has 0 spiro atoms. The first-order chi connectivity index (χ1) is 6.35. The van der Waals surface area contributed by atoms with E-state index in [2.05, 4.69) is 28.0 Å². The highest BCUT2D eigenvalue weighted by molar-refractivity contribution is 7.16. The summed E-state index contributed by atoms with van der Waals surface area (Å²) in [5, 5.41) is 0. The number of rotatable bonds is 9. The van der Waals surface area contributed by atoms with Crippen LogP contribution in [0.15, 0.2) is 0 Å². The molecule has 0 heterocycles. The predicted octanol–water partition coefficient (Wildman–Crippen LogP) is 3.50. The van der Waals surface area contributed by atoms with E-state index < -0.39 is 0 Å². The zero-order valence-corrected chi connectivity index (χ0v) is 10.5. The highest BCUT2D eigenvalue weighted by Gasteiger charge is 2.00. The van der Waals surface area contributed by atoms with Crippen LogP contribution in [0.2, 0.25) is 0 Å². The van der Waals surface area contributed by atoms with Crippen molar-refractivity contribution < 1.29 is 0 Å². The summed E-state index contributed by atoms with van der Waals surface area (Å²) in [6.07, 6.45) is 9.32. The van der Waals surface area contributed by atoms with Crippen LogP contribution in [0.5, 0.6) is 0 Å². The SMILES string of the molecule is CCCCCN(CP)CCCCC. The van der Waals surface area contributed by atoms with Crippen LogP contribution < -0.4 is 0 Å². The van der Waals surface area contributed by atoms with Crippen molar-refractivity contribution >= 4 is 9.24 Å². The van der Waals surface area contributed by atoms with Crippen molar-refractivity contribution in [3.63, 3.8) is 0 Å². The Morgan fingerprint density at radius 3 is 1.62 bits per heavy atom. The maximum atomic E-state index is 2.84. The zero-order valence-electron chi connectivity index (χ0n) is 9.39. The molecular weight excluding hydrogens is 177 g/mol. The van der Waals surface area contributed by atoms with E-state index in [0.717, 1.165) is 6.29 Å². The molecule has 0 N–H and O–H groups in total. The van der Waals surface area contributed by atoms with Crippen molar-refractivity contribution in [2.24, 2.45) is 0 Å². The summed E-state index contributed by atoms with van der Waals surface area (Å²) in [4.78, 5) is 2.55. The Morgan fingerprint density at radius 2 is 1.31 bits per heavy atom. The van der Waals surface area contributed by atoms with Crippen molar-refractivity contribution in [2.45, 2.75) is 52.4 Å². The largest absolute Gasteiger partial charge is 0.300 e. The summed E-state index contributed by atoms with van der Waals surface area (Å²) in [6, 6.07) is 0. The third kappa shape index (κ3) is 8.71. The lowest BCUT2D eigenvalue weighted by molar-refractivity contribution is 0.305. The normalized spacial score (nSPS) is 11.1. The molecule has 0 aliphatic heterocycles. The minimum absolute atomic E-state index is 1.15. The van der Waals surface area contributed by atoms with Crippen molar-refractivity contribution in [1.29, 1.82) is 0 Å². The van der Waals surface area contributed by atoms with Gasteiger partial charge in [0.2, 0.25) is 0 Å². The second-order valence-corrected chi connectivity index (χ2v) is 4.08. The minimum atomic E-state index is 1.15. The van der Waals surface area contributed by atoms with E-state index in [0.29, 0.717) is 0 Å². The molecule has 0 aromatic heterocycles. The highest BCUT2D eigenvalue weighted by Crippen LogP contribution is 2.04. The molecule has 0 aromatic rings. The molecule has 0 fully saturated rings. The first-order valence-electron chi connectivity index (χ1n) is 5.77. The van der Waals surface area contributed by atoms with Crippen molar-refractivity contribution in [2.75, 3.05) is 19.4 Å². The summed E-state index contributed by atoms with van der Waals surface area (Å²) in [5.74, 6) is 0. The van der Waals surface area contributed by atoms with E-state index in [1.165, 1.54) is 51.6 Å². The number of nitrogens with zero attached hydrogens (tertiary/aromatic N) is 1. The monoisotopic (exact) mass is 203 g/mol. The van der Waals surface area contributed by atoms with E-state index in [1.807, 2.05) is 0 Å². The summed E-state index contributed by atoms with van der Waals surface area (Å²) in [7, 11) is 2.84. The van der Waals surface area contributed by atoms with Crippen LogP contribution in [0.4, 0.5) is 0 Å². The molecule has 0 aliphatic rings. The van der Waals surface area contributed by atoms with E-state index in [9.17, 15) is 0 Å². The molecule has 0 rings (SSSR count). The smallest absolute Gasteiger partial charge is 0.0126 e. The van der Waals surface area contributed by atoms with Gasteiger partial charge in [0.05, 0.1) is 0 Å². The van der Waals surface area contributed by atoms with Gasteiger partial charge in [-0.3, -0.25) is 4.90 Å². The van der Waals surface area contributed by atoms with E-state index in [1.54, 1.807) is 0 Å². The summed E-state index contributed by atoms with van der Waals surface area (Å²) in [6.45, 7) is 7.12. The zero-order chi connectivity index (χ0) is 9.94. The average Bonchev–Trinajstić information content (AvgIpc) is 2.16. The molecule has 0 amide bonds. The van der Waals surface area contributed by atoms with Crippen LogP contribution in [0.3, 0.4) is 0 Å². The summed E-state index contributed by atoms with van der Waals surface area (Å²) in [5.41, 5.74) is 0. The lowest BCUT2D eigenvalue weighted by atomic mass is 10.2. The topological polar surface area (TPSA) is 3.24 Å². The molecule has 0 bridgehead atoms. The van der Waals surface area contributed by atoms with Crippen molar-refractivity contribution in [1.82, 2.24) is 4.90 Å². The van der Waals surface area contributed by atoms with Gasteiger partial charge in [-0.15, -0.1) is 9.24 Å². The van der Waals surface area contributed by atoms with Gasteiger partial charge in [-0.05, 0) is 25.9 Å². The molecule has 80 valence electrons. The number of unbranched alkanes of at least 4 members (excludes halogenated alkanes) is 4. The van der Waals surface area contributed by atoms with Crippen LogP contribution in [0.25, 0.3) is 0 Å². The molecule has 2 heteroatoms. The highest BCUT2D eigenvalue weighted by atomic mass is 31.0. The third-order valence-corrected chi connectivity index (χ3v) is 2.93. The van der Waals surface area contributed by atoms with Crippen LogP contribution in [-0.4, -0.2) is 24.3 Å². The first-order valence-corrected chi connectivity index (χ1v) is 6.59. The van der Waals surface area contributed by atoms with E-state index in [4.69, 9.17) is 0 Å². The maximum absolute atomic E-state index is 2.84. The van der Waals surface area contributed by atoms with Crippen LogP contribution in [0.1, 0.15) is 52.4 Å². The molecule has 0 saturated heterocycles. The molecule has 0 aromatic carbocycles. The molecular formula is C11H26NP. The fourth-order valence-corrected chi connectivity index (χ4v) is 1.83. The standard InChI is InChI=1S/C11H26NP/c1-3-5-7-9-12(11-13)10-8-6-4-2/h3-11,13H2,1-2H3. The first kappa shape index (κ1) is 13.4. The minimum Gasteiger partial charge on any atom is -0.300 e. The van der Waals surface area contributed by atoms with E-state index >= 15 is 0 Å². The molecule has 1 unspecified atom stereocenters. The second kappa shape index (κ2) is 10.5. The van der Waals surface area contributed by atoms with Gasteiger partial charge in [-0.2, -0.15) is 0 Å². The summed E-state index contributed by atoms with van der Waals surface area (Å²) < 4.78 is 0. The Hall–Kier alpha value is 0.390. The molecule has 13 heavy (non-hydrogen) atoms. The van der Waals surface area contributed by atoms with Crippen molar-refractivity contribution in [3.05, 3.63) is 0 Å². The molecule has 0 aliphatic carbocycles. The van der Waals surface area contributed by atoms with Gasteiger partial charge in [0.15, 0.2) is 0 Å². The maximum Gasteiger partial charge on any atom is 0.0126 e. The van der Waals surface area contributed by atoms with Crippen LogP contribution in [-0.2, 0) is 0 Å². The van der Waals surface area contributed by atoms with Crippen LogP contribution in [0, 0.1) is 0 Å². The van der Waals surface area contributed by atoms with Crippen molar-refractivity contribution in [3.8, 4) is 0 Å². The van der Waals surface area contributed by atoms with Gasteiger partial charge in [0.25, 0.3) is 0 Å². The van der Waals surface area contributed by atoms with Gasteiger partial charge in [0.1, 0.15) is 0 Å². The third-order valence-electron chi connectivity index (χ3n) is 2.41. The molecule has 1 nitrogen and oxygen atoms in total. The fourth-order valence-electron chi connectivity index (χ4n) is 1.47. The van der Waals surface area contributed by atoms with E-state index in [-0.39, 0.29) is 0 Å². The van der Waals surface area contributed by atoms with Gasteiger partial charge in [-0.1, -0.05) is 39.5 Å². The van der Waals surface area contributed by atoms with Gasteiger partial charge >= 0.3 is 0 Å². The molecule has 0 radical (unpaired) electrons. The van der Waals surface area contributed by atoms with Crippen LogP contribution >= 0.6 is 9.24 Å². The predicted molar refractivity (Wildman–Crippen MR) is 65.2 cm³/mol. The fraction of sp³-hybridized carbons (Fsp3) is 1.00. The molecule has 1 atom stereocenters.